The van der Waals surface area contributed by atoms with Crippen molar-refractivity contribution >= 4 is 66.5 Å². The fourth-order valence-corrected chi connectivity index (χ4v) is 6.18. The molecule has 0 radical (unpaired) electrons. The molecule has 316 valence electrons. The van der Waals surface area contributed by atoms with Gasteiger partial charge >= 0.3 is 26.7 Å². The first-order chi connectivity index (χ1) is 28.6. The summed E-state index contributed by atoms with van der Waals surface area (Å²) in [5, 5.41) is 28.7. The first-order valence-corrected chi connectivity index (χ1v) is 19.2. The molecule has 0 bridgehead atoms. The molecule has 1 unspecified atom stereocenters. The first-order valence-electron chi connectivity index (χ1n) is 18.1. The highest BCUT2D eigenvalue weighted by Gasteiger charge is 2.32. The van der Waals surface area contributed by atoms with Crippen LogP contribution in [0.1, 0.15) is 64.2 Å². The minimum atomic E-state index is -4.76. The summed E-state index contributed by atoms with van der Waals surface area (Å²) in [5.41, 5.74) is -0.692. The Bertz CT molecular complexity index is 2380. The van der Waals surface area contributed by atoms with Crippen molar-refractivity contribution in [3.05, 3.63) is 111 Å². The molecule has 5 aromatic rings. The Labute approximate surface area is 339 Å². The number of aliphatic carboxylic acids is 2. The van der Waals surface area contributed by atoms with Crippen molar-refractivity contribution in [3.8, 4) is 0 Å². The second kappa shape index (κ2) is 20.4. The van der Waals surface area contributed by atoms with E-state index in [0.717, 1.165) is 17.7 Å². The molecular formula is C38H38F3N8O10P. The van der Waals surface area contributed by atoms with E-state index in [-0.39, 0.29) is 53.5 Å². The number of carbonyl (C=O) groups is 4. The third-order valence-corrected chi connectivity index (χ3v) is 9.48. The number of anilines is 4. The number of halogens is 3. The van der Waals surface area contributed by atoms with Gasteiger partial charge in [-0.15, -0.1) is 0 Å². The number of alkyl halides is 3. The Morgan fingerprint density at radius 2 is 1.57 bits per heavy atom. The van der Waals surface area contributed by atoms with Crippen molar-refractivity contribution in [2.45, 2.75) is 52.1 Å². The summed E-state index contributed by atoms with van der Waals surface area (Å²) in [4.78, 5) is 76.4. The predicted molar refractivity (Wildman–Crippen MR) is 212 cm³/mol. The molecule has 2 aromatic heterocycles. The Hall–Kier alpha value is -6.54. The standard InChI is InChI=1S/C38H38F3N8O10P/c1-3-57-60(58-4-2)59-20-21-5-10-25(11-6-21)45-34(53)27-14-9-23(38(39,40)41)17-29(27)47-37-48-32-31(35(54)49-37)44-26(19-43-32)18-42-24-12-7-22(8-13-24)33(52)46-28(36(55)56)15-16-30(50)51/h5-14,17,19,28,42H,3-4,15-16,18,20H2,1-2H3,(H,45,53)(H,46,52)(H,50,51)(H,55,56)(H2,43,47,48,49,54). The average Bonchev–Trinajstić information content (AvgIpc) is 3.21. The number of amides is 2. The van der Waals surface area contributed by atoms with Gasteiger partial charge in [-0.2, -0.15) is 18.2 Å². The van der Waals surface area contributed by atoms with Gasteiger partial charge in [0.05, 0.1) is 55.1 Å². The second-order valence-electron chi connectivity index (χ2n) is 12.5. The number of hydrogen-bond donors (Lipinski definition) is 7. The number of aromatic nitrogens is 4. The molecule has 0 fully saturated rings. The molecule has 3 aromatic carbocycles. The van der Waals surface area contributed by atoms with Crippen molar-refractivity contribution in [1.29, 1.82) is 0 Å². The maximum absolute atomic E-state index is 13.8. The molecule has 0 spiro atoms. The normalized spacial score (nSPS) is 11.9. The minimum Gasteiger partial charge on any atom is -0.481 e. The van der Waals surface area contributed by atoms with E-state index in [4.69, 9.17) is 18.7 Å². The number of H-pyrrole nitrogens is 1. The van der Waals surface area contributed by atoms with E-state index < -0.39 is 62.1 Å². The molecule has 2 heterocycles. The van der Waals surface area contributed by atoms with Gasteiger partial charge in [-0.25, -0.2) is 14.8 Å². The molecule has 18 nitrogen and oxygen atoms in total. The largest absolute Gasteiger partial charge is 0.481 e. The molecule has 0 saturated carbocycles. The summed E-state index contributed by atoms with van der Waals surface area (Å²) >= 11 is 0. The van der Waals surface area contributed by atoms with Crippen LogP contribution < -0.4 is 26.8 Å². The lowest BCUT2D eigenvalue weighted by Gasteiger charge is -2.16. The molecule has 2 amide bonds. The van der Waals surface area contributed by atoms with Gasteiger partial charge in [0.2, 0.25) is 5.95 Å². The van der Waals surface area contributed by atoms with E-state index in [1.807, 2.05) is 13.8 Å². The zero-order valence-corrected chi connectivity index (χ0v) is 32.7. The van der Waals surface area contributed by atoms with Gasteiger partial charge in [-0.05, 0) is 80.4 Å². The first kappa shape index (κ1) is 44.6. The van der Waals surface area contributed by atoms with Crippen molar-refractivity contribution in [2.24, 2.45) is 0 Å². The SMILES string of the molecule is CCOP(OCC)OCc1ccc(NC(=O)c2ccc(C(F)(F)F)cc2Nc2nc3ncc(CNc4ccc(C(=O)NC(CCC(=O)O)C(=O)O)cc4)nc3c(=O)[nH]2)cc1. The summed E-state index contributed by atoms with van der Waals surface area (Å²) in [6, 6.07) is 13.5. The van der Waals surface area contributed by atoms with Crippen molar-refractivity contribution in [2.75, 3.05) is 29.2 Å². The molecule has 0 aliphatic carbocycles. The summed E-state index contributed by atoms with van der Waals surface area (Å²) in [6.45, 7) is 4.67. The van der Waals surface area contributed by atoms with Gasteiger partial charge in [0, 0.05) is 23.4 Å². The van der Waals surface area contributed by atoms with Gasteiger partial charge in [0.1, 0.15) is 6.04 Å². The van der Waals surface area contributed by atoms with Crippen LogP contribution in [0.3, 0.4) is 0 Å². The summed E-state index contributed by atoms with van der Waals surface area (Å²) in [6.07, 6.45) is -4.19. The third-order valence-electron chi connectivity index (χ3n) is 8.20. The smallest absolute Gasteiger partial charge is 0.416 e. The van der Waals surface area contributed by atoms with E-state index in [2.05, 4.69) is 41.2 Å². The molecule has 7 N–H and O–H groups in total. The quantitative estimate of drug-likeness (QED) is 0.0430. The number of carboxylic acid groups (broad SMARTS) is 2. The summed E-state index contributed by atoms with van der Waals surface area (Å²) < 4.78 is 57.8. The van der Waals surface area contributed by atoms with E-state index in [9.17, 15) is 42.3 Å². The van der Waals surface area contributed by atoms with Crippen LogP contribution in [0.5, 0.6) is 0 Å². The van der Waals surface area contributed by atoms with Crippen LogP contribution >= 0.6 is 8.60 Å². The summed E-state index contributed by atoms with van der Waals surface area (Å²) in [5.74, 6) is -4.36. The lowest BCUT2D eigenvalue weighted by atomic mass is 10.1. The fraction of sp³-hybridized carbons (Fsp3) is 0.263. The minimum absolute atomic E-state index is 0.0481. The lowest BCUT2D eigenvalue weighted by Crippen LogP contribution is -2.41. The number of aromatic amines is 1. The maximum atomic E-state index is 13.8. The van der Waals surface area contributed by atoms with Crippen LogP contribution in [0.4, 0.5) is 36.2 Å². The van der Waals surface area contributed by atoms with Crippen LogP contribution in [-0.2, 0) is 42.5 Å². The highest BCUT2D eigenvalue weighted by atomic mass is 31.2. The van der Waals surface area contributed by atoms with E-state index in [1.54, 1.807) is 24.3 Å². The Kier molecular flexibility index (Phi) is 15.2. The Morgan fingerprint density at radius 3 is 2.20 bits per heavy atom. The summed E-state index contributed by atoms with van der Waals surface area (Å²) in [7, 11) is -1.53. The molecule has 1 atom stereocenters. The van der Waals surface area contributed by atoms with E-state index >= 15 is 0 Å². The number of nitrogens with one attached hydrogen (secondary N) is 5. The van der Waals surface area contributed by atoms with Crippen LogP contribution in [-0.4, -0.2) is 73.2 Å². The number of hydrogen-bond acceptors (Lipinski definition) is 13. The van der Waals surface area contributed by atoms with Gasteiger partial charge in [0.25, 0.3) is 17.4 Å². The number of fused-ring (bicyclic) bond motifs is 1. The van der Waals surface area contributed by atoms with E-state index in [1.165, 1.54) is 30.5 Å². The van der Waals surface area contributed by atoms with Gasteiger partial charge in [-0.1, -0.05) is 12.1 Å². The van der Waals surface area contributed by atoms with Crippen LogP contribution in [0, 0.1) is 0 Å². The van der Waals surface area contributed by atoms with E-state index in [0.29, 0.717) is 36.3 Å². The highest BCUT2D eigenvalue weighted by Crippen LogP contribution is 2.40. The number of carboxylic acids is 2. The maximum Gasteiger partial charge on any atom is 0.416 e. The lowest BCUT2D eigenvalue weighted by molar-refractivity contribution is -0.141. The fourth-order valence-electron chi connectivity index (χ4n) is 5.28. The number of nitrogens with zero attached hydrogens (tertiary/aromatic N) is 3. The third kappa shape index (κ3) is 12.5. The van der Waals surface area contributed by atoms with Gasteiger partial charge in [0.15, 0.2) is 11.2 Å². The Balaban J connectivity index is 1.26. The number of rotatable bonds is 20. The molecule has 60 heavy (non-hydrogen) atoms. The average molecular weight is 855 g/mol. The zero-order chi connectivity index (χ0) is 43.4. The highest BCUT2D eigenvalue weighted by molar-refractivity contribution is 7.41. The second-order valence-corrected chi connectivity index (χ2v) is 13.8. The number of carbonyl (C=O) groups excluding carboxylic acids is 2. The van der Waals surface area contributed by atoms with Gasteiger partial charge in [-0.3, -0.25) is 24.2 Å². The molecule has 0 aliphatic rings. The molecule has 0 aliphatic heterocycles. The van der Waals surface area contributed by atoms with Crippen LogP contribution in [0.15, 0.2) is 77.7 Å². The van der Waals surface area contributed by atoms with Crippen LogP contribution in [0.25, 0.3) is 11.2 Å². The van der Waals surface area contributed by atoms with Crippen molar-refractivity contribution in [3.63, 3.8) is 0 Å². The van der Waals surface area contributed by atoms with Crippen molar-refractivity contribution in [1.82, 2.24) is 25.3 Å². The number of benzene rings is 3. The molecular weight excluding hydrogens is 816 g/mol. The van der Waals surface area contributed by atoms with Crippen molar-refractivity contribution < 1.29 is 56.1 Å². The van der Waals surface area contributed by atoms with Gasteiger partial charge < -0.3 is 45.1 Å². The molecule has 0 saturated heterocycles. The molecule has 5 rings (SSSR count). The van der Waals surface area contributed by atoms with Crippen LogP contribution in [0.2, 0.25) is 0 Å². The topological polar surface area (TPSA) is 256 Å². The monoisotopic (exact) mass is 854 g/mol. The predicted octanol–water partition coefficient (Wildman–Crippen LogP) is 6.20. The zero-order valence-electron chi connectivity index (χ0n) is 31.8. The molecule has 22 heteroatoms. The Morgan fingerprint density at radius 1 is 0.883 bits per heavy atom.